The zero-order chi connectivity index (χ0) is 36.3. The van der Waals surface area contributed by atoms with Gasteiger partial charge in [-0.05, 0) is 74.1 Å². The molecule has 2 aromatic heterocycles. The maximum atomic E-state index is 14.2. The second-order valence-corrected chi connectivity index (χ2v) is 13.2. The number of rotatable bonds is 8. The fourth-order valence-electron chi connectivity index (χ4n) is 5.72. The van der Waals surface area contributed by atoms with E-state index < -0.39 is 29.5 Å². The number of amides is 2. The van der Waals surface area contributed by atoms with E-state index in [4.69, 9.17) is 10.5 Å². The molecule has 1 aliphatic carbocycles. The predicted molar refractivity (Wildman–Crippen MR) is 183 cm³/mol. The van der Waals surface area contributed by atoms with E-state index in [2.05, 4.69) is 34.9 Å². The molecule has 3 heterocycles. The van der Waals surface area contributed by atoms with Crippen LogP contribution in [0.15, 0.2) is 57.9 Å². The minimum absolute atomic E-state index is 0.0167. The van der Waals surface area contributed by atoms with Gasteiger partial charge in [-0.3, -0.25) is 23.7 Å². The Hall–Kier alpha value is -4.50. The van der Waals surface area contributed by atoms with E-state index >= 15 is 0 Å². The molecule has 1 saturated carbocycles. The molecule has 1 fully saturated rings. The Morgan fingerprint density at radius 3 is 2.36 bits per heavy atom. The summed E-state index contributed by atoms with van der Waals surface area (Å²) < 4.78 is 48.6. The van der Waals surface area contributed by atoms with Gasteiger partial charge in [0.15, 0.2) is 6.73 Å². The van der Waals surface area contributed by atoms with Crippen molar-refractivity contribution < 1.29 is 32.3 Å². The average Bonchev–Trinajstić information content (AvgIpc) is 3.83. The minimum atomic E-state index is -4.64. The fourth-order valence-corrected chi connectivity index (χ4v) is 6.19. The highest BCUT2D eigenvalue weighted by atomic mass is 79.9. The van der Waals surface area contributed by atoms with Crippen LogP contribution in [0.25, 0.3) is 11.3 Å². The molecular formula is C35H38BrF3N6O5. The van der Waals surface area contributed by atoms with E-state index in [9.17, 15) is 32.3 Å². The molecule has 2 N–H and O–H groups in total. The van der Waals surface area contributed by atoms with Crippen LogP contribution in [-0.4, -0.2) is 68.6 Å². The van der Waals surface area contributed by atoms with Crippen molar-refractivity contribution in [2.24, 2.45) is 11.7 Å². The summed E-state index contributed by atoms with van der Waals surface area (Å²) in [7, 11) is 1.48. The van der Waals surface area contributed by atoms with E-state index in [1.807, 2.05) is 0 Å². The Morgan fingerprint density at radius 1 is 1.08 bits per heavy atom. The number of fused-ring (bicyclic) bond motifs is 3. The lowest BCUT2D eigenvalue weighted by molar-refractivity contribution is -0.145. The van der Waals surface area contributed by atoms with E-state index in [1.54, 1.807) is 39.5 Å². The van der Waals surface area contributed by atoms with Crippen molar-refractivity contribution in [1.82, 2.24) is 24.0 Å². The molecule has 2 aliphatic rings. The summed E-state index contributed by atoms with van der Waals surface area (Å²) in [6.45, 7) is 3.78. The number of nitrogens with zero attached hydrogens (tertiary/aromatic N) is 5. The van der Waals surface area contributed by atoms with Crippen molar-refractivity contribution in [1.29, 1.82) is 0 Å². The summed E-state index contributed by atoms with van der Waals surface area (Å²) in [6, 6.07) is 9.83. The van der Waals surface area contributed by atoms with Gasteiger partial charge in [0, 0.05) is 40.3 Å². The number of hydrogen-bond donors (Lipinski definition) is 1. The van der Waals surface area contributed by atoms with Gasteiger partial charge in [-0.2, -0.15) is 18.3 Å². The summed E-state index contributed by atoms with van der Waals surface area (Å²) >= 11 is 2.92. The highest BCUT2D eigenvalue weighted by molar-refractivity contribution is 9.10. The van der Waals surface area contributed by atoms with Crippen LogP contribution in [0.2, 0.25) is 0 Å². The number of esters is 1. The van der Waals surface area contributed by atoms with Crippen LogP contribution in [0.1, 0.15) is 76.2 Å². The second-order valence-electron chi connectivity index (χ2n) is 12.4. The Labute approximate surface area is 294 Å². The van der Waals surface area contributed by atoms with Crippen LogP contribution in [-0.2, 0) is 35.1 Å². The summed E-state index contributed by atoms with van der Waals surface area (Å²) in [6.07, 6.45) is 1.31. The fraction of sp³-hybridized carbons (Fsp3) is 0.400. The molecule has 1 aliphatic heterocycles. The Morgan fingerprint density at radius 2 is 1.74 bits per heavy atom. The third-order valence-corrected chi connectivity index (χ3v) is 9.07. The van der Waals surface area contributed by atoms with Gasteiger partial charge < -0.3 is 20.3 Å². The third-order valence-electron chi connectivity index (χ3n) is 8.38. The topological polar surface area (TPSA) is 132 Å². The Balaban J connectivity index is 0.00000156. The van der Waals surface area contributed by atoms with Gasteiger partial charge in [0.1, 0.15) is 5.65 Å². The van der Waals surface area contributed by atoms with E-state index in [1.165, 1.54) is 35.4 Å². The largest absolute Gasteiger partial charge is 0.443 e. The zero-order valence-electron chi connectivity index (χ0n) is 27.9. The molecule has 0 saturated heterocycles. The summed E-state index contributed by atoms with van der Waals surface area (Å²) in [5, 5.41) is 4.63. The first-order valence-electron chi connectivity index (χ1n) is 16.3. The first-order chi connectivity index (χ1) is 23.8. The van der Waals surface area contributed by atoms with Crippen molar-refractivity contribution in [3.63, 3.8) is 0 Å². The van der Waals surface area contributed by atoms with Crippen LogP contribution in [0, 0.1) is 5.92 Å². The first-order valence-corrected chi connectivity index (χ1v) is 17.1. The lowest BCUT2D eigenvalue weighted by atomic mass is 10.0. The molecule has 0 spiro atoms. The highest BCUT2D eigenvalue weighted by Gasteiger charge is 2.35. The molecule has 4 aromatic rings. The smallest absolute Gasteiger partial charge is 0.417 e. The molecule has 15 heteroatoms. The lowest BCUT2D eigenvalue weighted by Crippen LogP contribution is -2.41. The number of halogens is 4. The van der Waals surface area contributed by atoms with Crippen LogP contribution < -0.4 is 11.3 Å². The van der Waals surface area contributed by atoms with Gasteiger partial charge in [0.2, 0.25) is 0 Å². The number of carbonyl (C=O) groups is 3. The normalized spacial score (nSPS) is 14.1. The summed E-state index contributed by atoms with van der Waals surface area (Å²) in [5.41, 5.74) is 7.02. The van der Waals surface area contributed by atoms with Crippen LogP contribution >= 0.6 is 15.9 Å². The van der Waals surface area contributed by atoms with Crippen molar-refractivity contribution >= 4 is 39.4 Å². The van der Waals surface area contributed by atoms with Gasteiger partial charge in [-0.25, -0.2) is 4.52 Å². The van der Waals surface area contributed by atoms with Gasteiger partial charge in [-0.15, -0.1) is 0 Å². The van der Waals surface area contributed by atoms with Crippen molar-refractivity contribution in [2.45, 2.75) is 58.7 Å². The number of alkyl halides is 3. The summed E-state index contributed by atoms with van der Waals surface area (Å²) in [4.78, 5) is 54.6. The van der Waals surface area contributed by atoms with E-state index in [0.717, 1.165) is 24.5 Å². The molecule has 266 valence electrons. The van der Waals surface area contributed by atoms with Gasteiger partial charge in [0.05, 0.1) is 36.2 Å². The molecular weight excluding hydrogens is 721 g/mol. The van der Waals surface area contributed by atoms with Crippen molar-refractivity contribution in [2.75, 3.05) is 26.9 Å². The second kappa shape index (κ2) is 15.2. The number of nitrogens with two attached hydrogens (primary N) is 1. The zero-order valence-corrected chi connectivity index (χ0v) is 29.5. The monoisotopic (exact) mass is 758 g/mol. The SMILES string of the molecule is CCC.CN(COC(=O)CN)C(=O)c1ccc(-n2c(=O)c3c(n4ncc(CC5CC5)c24)CN(C(=O)c2ccc(Br)c(C(F)(F)F)c2)CC3)cc1. The molecule has 2 aromatic carbocycles. The maximum Gasteiger partial charge on any atom is 0.417 e. The molecule has 0 atom stereocenters. The Bertz CT molecular complexity index is 1970. The lowest BCUT2D eigenvalue weighted by Gasteiger charge is -2.30. The van der Waals surface area contributed by atoms with Gasteiger partial charge >= 0.3 is 12.1 Å². The molecule has 0 radical (unpaired) electrons. The van der Waals surface area contributed by atoms with E-state index in [0.29, 0.717) is 40.5 Å². The molecule has 0 unspecified atom stereocenters. The van der Waals surface area contributed by atoms with Crippen LogP contribution in [0.4, 0.5) is 13.2 Å². The highest BCUT2D eigenvalue weighted by Crippen LogP contribution is 2.36. The number of hydrogen-bond acceptors (Lipinski definition) is 7. The number of aromatic nitrogens is 3. The summed E-state index contributed by atoms with van der Waals surface area (Å²) in [5.74, 6) is -1.17. The van der Waals surface area contributed by atoms with Gasteiger partial charge in [0.25, 0.3) is 17.4 Å². The number of benzene rings is 2. The van der Waals surface area contributed by atoms with Crippen molar-refractivity contribution in [3.05, 3.63) is 97.0 Å². The number of ether oxygens (including phenoxy) is 1. The number of carbonyl (C=O) groups excluding carboxylic acids is 3. The molecule has 0 bridgehead atoms. The molecule has 6 rings (SSSR count). The van der Waals surface area contributed by atoms with Gasteiger partial charge in [-0.1, -0.05) is 36.2 Å². The third kappa shape index (κ3) is 7.78. The average molecular weight is 760 g/mol. The predicted octanol–water partition coefficient (Wildman–Crippen LogP) is 5.37. The quantitative estimate of drug-likeness (QED) is 0.189. The molecule has 2 amide bonds. The standard InChI is InChI=1S/C32H30BrF3N6O5.C3H8/c1-39(17-47-27(43)14-37)29(44)19-4-7-22(8-5-19)41-28-21(12-18-2-3-18)15-38-42(28)26-16-40(11-10-23(26)31(41)46)30(45)20-6-9-25(33)24(13-20)32(34,35)36;1-3-2/h4-9,13,15,18H,2-3,10-12,14,16-17,37H2,1H3;3H2,1-2H3. The van der Waals surface area contributed by atoms with Crippen LogP contribution in [0.3, 0.4) is 0 Å². The first kappa shape index (κ1) is 36.8. The Kier molecular flexibility index (Phi) is 11.2. The molecule has 50 heavy (non-hydrogen) atoms. The van der Waals surface area contributed by atoms with E-state index in [-0.39, 0.29) is 48.4 Å². The van der Waals surface area contributed by atoms with Crippen LogP contribution in [0.5, 0.6) is 0 Å². The van der Waals surface area contributed by atoms with Crippen molar-refractivity contribution in [3.8, 4) is 5.69 Å². The molecule has 11 nitrogen and oxygen atoms in total. The maximum absolute atomic E-state index is 14.2. The minimum Gasteiger partial charge on any atom is -0.443 e.